The normalized spacial score (nSPS) is 11.9. The number of aromatic amines is 1. The Balaban J connectivity index is 2.11. The summed E-state index contributed by atoms with van der Waals surface area (Å²) < 4.78 is 0. The Morgan fingerprint density at radius 2 is 2.21 bits per heavy atom. The predicted molar refractivity (Wildman–Crippen MR) is 72.9 cm³/mol. The van der Waals surface area contributed by atoms with Crippen LogP contribution in [-0.4, -0.2) is 27.6 Å². The van der Waals surface area contributed by atoms with Crippen LogP contribution in [0.5, 0.6) is 0 Å². The zero-order chi connectivity index (χ0) is 13.7. The first kappa shape index (κ1) is 13.1. The Labute approximate surface area is 111 Å². The summed E-state index contributed by atoms with van der Waals surface area (Å²) in [5.41, 5.74) is 1.45. The number of nitrogens with zero attached hydrogens (tertiary/aromatic N) is 2. The molecule has 1 amide bonds. The zero-order valence-electron chi connectivity index (χ0n) is 11.0. The number of carbonyl (C=O) groups excluding carboxylic acids is 1. The maximum atomic E-state index is 12.2. The molecule has 0 radical (unpaired) electrons. The molecule has 0 saturated carbocycles. The lowest BCUT2D eigenvalue weighted by Crippen LogP contribution is -2.28. The second-order valence-electron chi connectivity index (χ2n) is 4.14. The van der Waals surface area contributed by atoms with Crippen LogP contribution in [0.3, 0.4) is 0 Å². The summed E-state index contributed by atoms with van der Waals surface area (Å²) in [7, 11) is 0. The van der Waals surface area contributed by atoms with E-state index in [4.69, 9.17) is 0 Å². The Morgan fingerprint density at radius 1 is 1.42 bits per heavy atom. The van der Waals surface area contributed by atoms with Gasteiger partial charge in [-0.2, -0.15) is 5.10 Å². The number of hydrogen-bond donors (Lipinski definition) is 3. The first-order chi connectivity index (χ1) is 9.22. The van der Waals surface area contributed by atoms with Gasteiger partial charge in [-0.25, -0.2) is 4.98 Å². The maximum absolute atomic E-state index is 12.2. The standard InChI is InChI=1S/C13H17N5O/c1-3-14-11-7-5-4-6-10(11)13(19)17-9(2)12-15-8-16-18-12/h4-9,14H,3H2,1-2H3,(H,17,19)(H,15,16,18). The van der Waals surface area contributed by atoms with Crippen LogP contribution in [0.4, 0.5) is 5.69 Å². The number of hydrogen-bond acceptors (Lipinski definition) is 4. The average molecular weight is 259 g/mol. The fourth-order valence-electron chi connectivity index (χ4n) is 1.79. The van der Waals surface area contributed by atoms with Crippen molar-refractivity contribution in [3.05, 3.63) is 42.0 Å². The third kappa shape index (κ3) is 3.09. The molecule has 0 aliphatic heterocycles. The number of benzene rings is 1. The van der Waals surface area contributed by atoms with Gasteiger partial charge in [0.15, 0.2) is 0 Å². The van der Waals surface area contributed by atoms with Gasteiger partial charge in [0.2, 0.25) is 0 Å². The van der Waals surface area contributed by atoms with Crippen molar-refractivity contribution in [2.45, 2.75) is 19.9 Å². The monoisotopic (exact) mass is 259 g/mol. The molecule has 1 heterocycles. The quantitative estimate of drug-likeness (QED) is 0.763. The molecule has 3 N–H and O–H groups in total. The molecule has 1 unspecified atom stereocenters. The molecule has 1 aromatic heterocycles. The van der Waals surface area contributed by atoms with Crippen LogP contribution in [0.25, 0.3) is 0 Å². The van der Waals surface area contributed by atoms with Gasteiger partial charge in [-0.3, -0.25) is 9.89 Å². The van der Waals surface area contributed by atoms with Crippen LogP contribution in [0.15, 0.2) is 30.6 Å². The molecule has 0 aliphatic rings. The van der Waals surface area contributed by atoms with E-state index in [2.05, 4.69) is 25.8 Å². The summed E-state index contributed by atoms with van der Waals surface area (Å²) in [4.78, 5) is 16.3. The minimum absolute atomic E-state index is 0.138. The molecule has 0 saturated heterocycles. The fourth-order valence-corrected chi connectivity index (χ4v) is 1.79. The lowest BCUT2D eigenvalue weighted by atomic mass is 10.1. The SMILES string of the molecule is CCNc1ccccc1C(=O)NC(C)c1ncn[nH]1. The minimum Gasteiger partial charge on any atom is -0.385 e. The number of rotatable bonds is 5. The average Bonchev–Trinajstić information content (AvgIpc) is 2.93. The molecule has 1 atom stereocenters. The fraction of sp³-hybridized carbons (Fsp3) is 0.308. The molecule has 0 aliphatic carbocycles. The Morgan fingerprint density at radius 3 is 2.89 bits per heavy atom. The van der Waals surface area contributed by atoms with E-state index in [1.165, 1.54) is 6.33 Å². The Bertz CT molecular complexity index is 538. The summed E-state index contributed by atoms with van der Waals surface area (Å²) in [5.74, 6) is 0.495. The second kappa shape index (κ2) is 5.99. The van der Waals surface area contributed by atoms with Gasteiger partial charge < -0.3 is 10.6 Å². The maximum Gasteiger partial charge on any atom is 0.253 e. The van der Waals surface area contributed by atoms with Gasteiger partial charge in [-0.05, 0) is 26.0 Å². The van der Waals surface area contributed by atoms with Crippen molar-refractivity contribution in [3.8, 4) is 0 Å². The number of aromatic nitrogens is 3. The molecule has 0 bridgehead atoms. The summed E-state index contributed by atoms with van der Waals surface area (Å²) in [6.45, 7) is 4.61. The van der Waals surface area contributed by atoms with Gasteiger partial charge >= 0.3 is 0 Å². The lowest BCUT2D eigenvalue weighted by molar-refractivity contribution is 0.0939. The Kier molecular flexibility index (Phi) is 4.12. The third-order valence-electron chi connectivity index (χ3n) is 2.73. The topological polar surface area (TPSA) is 82.7 Å². The van der Waals surface area contributed by atoms with Crippen LogP contribution >= 0.6 is 0 Å². The van der Waals surface area contributed by atoms with Gasteiger partial charge in [0.1, 0.15) is 12.2 Å². The van der Waals surface area contributed by atoms with Crippen molar-refractivity contribution in [3.63, 3.8) is 0 Å². The summed E-state index contributed by atoms with van der Waals surface area (Å²) in [6, 6.07) is 7.20. The second-order valence-corrected chi connectivity index (χ2v) is 4.14. The lowest BCUT2D eigenvalue weighted by Gasteiger charge is -2.14. The molecule has 0 fully saturated rings. The molecule has 1 aromatic carbocycles. The highest BCUT2D eigenvalue weighted by Gasteiger charge is 2.15. The molecule has 6 nitrogen and oxygen atoms in total. The number of H-pyrrole nitrogens is 1. The summed E-state index contributed by atoms with van der Waals surface area (Å²) in [5, 5.41) is 12.6. The predicted octanol–water partition coefficient (Wildman–Crippen LogP) is 1.73. The van der Waals surface area contributed by atoms with Gasteiger partial charge in [0.05, 0.1) is 11.6 Å². The minimum atomic E-state index is -0.218. The summed E-state index contributed by atoms with van der Waals surface area (Å²) >= 11 is 0. The van der Waals surface area contributed by atoms with Crippen LogP contribution in [0.2, 0.25) is 0 Å². The highest BCUT2D eigenvalue weighted by molar-refractivity contribution is 5.99. The molecule has 0 spiro atoms. The van der Waals surface area contributed by atoms with E-state index < -0.39 is 0 Å². The zero-order valence-corrected chi connectivity index (χ0v) is 11.0. The molecule has 6 heteroatoms. The number of amides is 1. The molecular weight excluding hydrogens is 242 g/mol. The molecule has 19 heavy (non-hydrogen) atoms. The molecule has 2 rings (SSSR count). The van der Waals surface area contributed by atoms with Crippen LogP contribution in [-0.2, 0) is 0 Å². The number of para-hydroxylation sites is 1. The van der Waals surface area contributed by atoms with Crippen molar-refractivity contribution >= 4 is 11.6 Å². The van der Waals surface area contributed by atoms with E-state index in [0.29, 0.717) is 11.4 Å². The first-order valence-corrected chi connectivity index (χ1v) is 6.21. The smallest absolute Gasteiger partial charge is 0.253 e. The van der Waals surface area contributed by atoms with E-state index >= 15 is 0 Å². The van der Waals surface area contributed by atoms with E-state index in [0.717, 1.165) is 12.2 Å². The van der Waals surface area contributed by atoms with E-state index in [-0.39, 0.29) is 11.9 Å². The number of anilines is 1. The number of nitrogens with one attached hydrogen (secondary N) is 3. The van der Waals surface area contributed by atoms with Gasteiger partial charge in [0.25, 0.3) is 5.91 Å². The molecule has 2 aromatic rings. The third-order valence-corrected chi connectivity index (χ3v) is 2.73. The molecule has 100 valence electrons. The van der Waals surface area contributed by atoms with Crippen molar-refractivity contribution in [1.29, 1.82) is 0 Å². The molecular formula is C13H17N5O. The highest BCUT2D eigenvalue weighted by Crippen LogP contribution is 2.16. The van der Waals surface area contributed by atoms with E-state index in [9.17, 15) is 4.79 Å². The Hall–Kier alpha value is -2.37. The number of carbonyl (C=O) groups is 1. The first-order valence-electron chi connectivity index (χ1n) is 6.21. The van der Waals surface area contributed by atoms with Crippen LogP contribution in [0.1, 0.15) is 36.1 Å². The summed E-state index contributed by atoms with van der Waals surface area (Å²) in [6.07, 6.45) is 1.42. The van der Waals surface area contributed by atoms with Crippen molar-refractivity contribution in [2.24, 2.45) is 0 Å². The van der Waals surface area contributed by atoms with Gasteiger partial charge in [-0.15, -0.1) is 0 Å². The van der Waals surface area contributed by atoms with Crippen molar-refractivity contribution < 1.29 is 4.79 Å². The van der Waals surface area contributed by atoms with Crippen molar-refractivity contribution in [2.75, 3.05) is 11.9 Å². The van der Waals surface area contributed by atoms with Crippen LogP contribution in [0, 0.1) is 0 Å². The van der Waals surface area contributed by atoms with Crippen LogP contribution < -0.4 is 10.6 Å². The van der Waals surface area contributed by atoms with E-state index in [1.807, 2.05) is 32.0 Å². The van der Waals surface area contributed by atoms with Gasteiger partial charge in [-0.1, -0.05) is 12.1 Å². The van der Waals surface area contributed by atoms with Gasteiger partial charge in [0, 0.05) is 12.2 Å². The largest absolute Gasteiger partial charge is 0.385 e. The van der Waals surface area contributed by atoms with E-state index in [1.54, 1.807) is 6.07 Å². The highest BCUT2D eigenvalue weighted by atomic mass is 16.1. The van der Waals surface area contributed by atoms with Crippen molar-refractivity contribution in [1.82, 2.24) is 20.5 Å².